The van der Waals surface area contributed by atoms with Crippen molar-refractivity contribution in [3.05, 3.63) is 24.3 Å². The number of nitrogens with zero attached hydrogens (tertiary/aromatic N) is 2. The molecule has 0 heterocycles. The summed E-state index contributed by atoms with van der Waals surface area (Å²) in [5.41, 5.74) is -0.878. The predicted octanol–water partition coefficient (Wildman–Crippen LogP) is 1.48. The molecule has 0 aliphatic heterocycles. The van der Waals surface area contributed by atoms with Gasteiger partial charge in [0.05, 0.1) is 0 Å². The Balaban J connectivity index is 3.09. The Morgan fingerprint density at radius 1 is 1.29 bits per heavy atom. The number of aliphatic carboxylic acids is 2. The highest BCUT2D eigenvalue weighted by atomic mass is 16.5. The lowest BCUT2D eigenvalue weighted by molar-refractivity contribution is -0.142. The van der Waals surface area contributed by atoms with Crippen LogP contribution in [0.4, 0.5) is 5.69 Å². The quantitative estimate of drug-likeness (QED) is 0.583. The zero-order valence-electron chi connectivity index (χ0n) is 12.1. The number of carboxylic acids is 2. The molecule has 0 unspecified atom stereocenters. The number of carboxylic acid groups (broad SMARTS) is 2. The Hall–Kier alpha value is -2.57. The number of benzene rings is 1. The topological polar surface area (TPSA) is 99.4 Å². The highest BCUT2D eigenvalue weighted by molar-refractivity contribution is 5.85. The molecule has 7 nitrogen and oxygen atoms in total. The van der Waals surface area contributed by atoms with Crippen LogP contribution in [0.25, 0.3) is 0 Å². The van der Waals surface area contributed by atoms with Gasteiger partial charge in [-0.25, -0.2) is 4.79 Å². The van der Waals surface area contributed by atoms with E-state index in [2.05, 4.69) is 4.99 Å². The maximum Gasteiger partial charge on any atom is 0.328 e. The van der Waals surface area contributed by atoms with E-state index in [1.807, 2.05) is 0 Å². The van der Waals surface area contributed by atoms with Gasteiger partial charge in [-0.1, -0.05) is 0 Å². The van der Waals surface area contributed by atoms with E-state index in [1.54, 1.807) is 31.3 Å². The molecular weight excluding hydrogens is 276 g/mol. The second-order valence-electron chi connectivity index (χ2n) is 4.82. The Morgan fingerprint density at radius 3 is 2.29 bits per heavy atom. The minimum Gasteiger partial charge on any atom is -0.480 e. The third-order valence-electron chi connectivity index (χ3n) is 2.93. The van der Waals surface area contributed by atoms with Gasteiger partial charge in [0.1, 0.15) is 17.8 Å². The van der Waals surface area contributed by atoms with Crippen molar-refractivity contribution in [1.82, 2.24) is 0 Å². The van der Waals surface area contributed by atoms with Crippen molar-refractivity contribution in [2.24, 2.45) is 4.99 Å². The molecule has 0 bridgehead atoms. The van der Waals surface area contributed by atoms with Gasteiger partial charge >= 0.3 is 11.9 Å². The smallest absolute Gasteiger partial charge is 0.328 e. The Bertz CT molecular complexity index is 537. The van der Waals surface area contributed by atoms with Crippen LogP contribution in [-0.4, -0.2) is 47.7 Å². The van der Waals surface area contributed by atoms with Crippen LogP contribution in [0.2, 0.25) is 0 Å². The molecule has 114 valence electrons. The molecule has 7 heteroatoms. The number of ether oxygens (including phenoxy) is 1. The molecule has 1 aromatic rings. The number of hydrogen-bond acceptors (Lipinski definition) is 5. The zero-order chi connectivity index (χ0) is 16.0. The van der Waals surface area contributed by atoms with Crippen LogP contribution < -0.4 is 9.64 Å². The van der Waals surface area contributed by atoms with E-state index in [9.17, 15) is 14.7 Å². The van der Waals surface area contributed by atoms with E-state index in [0.29, 0.717) is 11.4 Å². The maximum atomic E-state index is 11.3. The monoisotopic (exact) mass is 294 g/mol. The molecule has 0 atom stereocenters. The molecule has 0 aliphatic rings. The highest BCUT2D eigenvalue weighted by Gasteiger charge is 2.36. The standard InChI is InChI=1S/C14H18N2O5/c1-14(2,13(19)20)16(8-12(17)18)10-4-6-11(7-5-10)21-9-15-3/h4-7,9H,8H2,1-3H3,(H,17,18)(H,19,20). The van der Waals surface area contributed by atoms with Gasteiger partial charge < -0.3 is 19.8 Å². The van der Waals surface area contributed by atoms with Gasteiger partial charge in [-0.15, -0.1) is 0 Å². The van der Waals surface area contributed by atoms with Crippen LogP contribution in [0.1, 0.15) is 13.8 Å². The predicted molar refractivity (Wildman–Crippen MR) is 78.2 cm³/mol. The van der Waals surface area contributed by atoms with E-state index in [4.69, 9.17) is 9.84 Å². The summed E-state index contributed by atoms with van der Waals surface area (Å²) in [6.07, 6.45) is 1.27. The Morgan fingerprint density at radius 2 is 1.86 bits per heavy atom. The fraction of sp³-hybridized carbons (Fsp3) is 0.357. The highest BCUT2D eigenvalue weighted by Crippen LogP contribution is 2.26. The molecule has 0 saturated carbocycles. The van der Waals surface area contributed by atoms with E-state index < -0.39 is 24.0 Å². The molecule has 0 aliphatic carbocycles. The van der Waals surface area contributed by atoms with Gasteiger partial charge in [0.15, 0.2) is 6.40 Å². The molecule has 0 amide bonds. The van der Waals surface area contributed by atoms with Crippen molar-refractivity contribution in [2.45, 2.75) is 19.4 Å². The minimum absolute atomic E-state index is 0.421. The van der Waals surface area contributed by atoms with Crippen LogP contribution in [0, 0.1) is 0 Å². The van der Waals surface area contributed by atoms with Crippen molar-refractivity contribution < 1.29 is 24.5 Å². The third-order valence-corrected chi connectivity index (χ3v) is 2.93. The molecule has 2 N–H and O–H groups in total. The molecular formula is C14H18N2O5. The summed E-state index contributed by atoms with van der Waals surface area (Å²) < 4.78 is 5.16. The summed E-state index contributed by atoms with van der Waals surface area (Å²) >= 11 is 0. The van der Waals surface area contributed by atoms with Gasteiger partial charge in [-0.05, 0) is 38.1 Å². The molecule has 1 aromatic carbocycles. The molecule has 0 aromatic heterocycles. The summed E-state index contributed by atoms with van der Waals surface area (Å²) in [4.78, 5) is 27.3. The van der Waals surface area contributed by atoms with Crippen LogP contribution in [0.3, 0.4) is 0 Å². The van der Waals surface area contributed by atoms with Crippen molar-refractivity contribution in [2.75, 3.05) is 18.5 Å². The maximum absolute atomic E-state index is 11.3. The molecule has 1 rings (SSSR count). The summed E-state index contributed by atoms with van der Waals surface area (Å²) in [5, 5.41) is 18.3. The van der Waals surface area contributed by atoms with Crippen molar-refractivity contribution in [3.8, 4) is 5.75 Å². The number of hydrogen-bond donors (Lipinski definition) is 2. The van der Waals surface area contributed by atoms with E-state index >= 15 is 0 Å². The SMILES string of the molecule is CN=COc1ccc(N(CC(=O)O)C(C)(C)C(=O)O)cc1. The molecule has 21 heavy (non-hydrogen) atoms. The van der Waals surface area contributed by atoms with Crippen LogP contribution in [0.5, 0.6) is 5.75 Å². The normalized spacial score (nSPS) is 11.4. The van der Waals surface area contributed by atoms with Crippen LogP contribution in [-0.2, 0) is 9.59 Å². The fourth-order valence-corrected chi connectivity index (χ4v) is 1.68. The van der Waals surface area contributed by atoms with Gasteiger partial charge in [-0.3, -0.25) is 9.79 Å². The van der Waals surface area contributed by atoms with Crippen molar-refractivity contribution in [1.29, 1.82) is 0 Å². The lowest BCUT2D eigenvalue weighted by Crippen LogP contribution is -2.52. The van der Waals surface area contributed by atoms with Crippen molar-refractivity contribution >= 4 is 24.0 Å². The number of anilines is 1. The first-order valence-electron chi connectivity index (χ1n) is 6.19. The number of carbonyl (C=O) groups is 2. The van der Waals surface area contributed by atoms with Crippen LogP contribution in [0.15, 0.2) is 29.3 Å². The van der Waals surface area contributed by atoms with E-state index in [0.717, 1.165) is 0 Å². The van der Waals surface area contributed by atoms with E-state index in [-0.39, 0.29) is 0 Å². The van der Waals surface area contributed by atoms with Crippen LogP contribution >= 0.6 is 0 Å². The lowest BCUT2D eigenvalue weighted by Gasteiger charge is -2.35. The summed E-state index contributed by atoms with van der Waals surface area (Å²) in [6, 6.07) is 6.44. The fourth-order valence-electron chi connectivity index (χ4n) is 1.68. The second kappa shape index (κ2) is 6.74. The summed E-state index contributed by atoms with van der Waals surface area (Å²) in [7, 11) is 1.57. The first-order valence-corrected chi connectivity index (χ1v) is 6.19. The molecule has 0 saturated heterocycles. The first-order chi connectivity index (χ1) is 9.78. The van der Waals surface area contributed by atoms with Crippen molar-refractivity contribution in [3.63, 3.8) is 0 Å². The number of rotatable bonds is 7. The van der Waals surface area contributed by atoms with Gasteiger partial charge in [0.25, 0.3) is 0 Å². The summed E-state index contributed by atoms with van der Waals surface area (Å²) in [5.74, 6) is -1.70. The summed E-state index contributed by atoms with van der Waals surface area (Å²) in [6.45, 7) is 2.48. The largest absolute Gasteiger partial charge is 0.480 e. The zero-order valence-corrected chi connectivity index (χ0v) is 12.1. The molecule has 0 spiro atoms. The average Bonchev–Trinajstić information content (AvgIpc) is 2.42. The first kappa shape index (κ1) is 16.5. The number of aliphatic imine (C=N–C) groups is 1. The van der Waals surface area contributed by atoms with Gasteiger partial charge in [0.2, 0.25) is 0 Å². The van der Waals surface area contributed by atoms with Gasteiger partial charge in [-0.2, -0.15) is 0 Å². The third kappa shape index (κ3) is 4.20. The Labute approximate surface area is 122 Å². The minimum atomic E-state index is -1.36. The average molecular weight is 294 g/mol. The molecule has 0 fully saturated rings. The van der Waals surface area contributed by atoms with E-state index in [1.165, 1.54) is 25.1 Å². The Kier molecular flexibility index (Phi) is 5.29. The lowest BCUT2D eigenvalue weighted by atomic mass is 10.0. The second-order valence-corrected chi connectivity index (χ2v) is 4.82. The molecule has 0 radical (unpaired) electrons. The van der Waals surface area contributed by atoms with Gasteiger partial charge in [0, 0.05) is 12.7 Å².